The van der Waals surface area contributed by atoms with Gasteiger partial charge in [0.25, 0.3) is 5.91 Å². The standard InChI is InChI=1S/C28H31N3O2/c1-7-30-26(32)20(18(4)22(16-29)27(30)33)13-15-24-28(5,6)25-21-11-9-8-10-19(21)12-14-23(25)31(24)17(2)3/h8-15,17,26,32H,7H2,1-6H3/b20-13+,24-15+. The average Bonchev–Trinajstić information content (AvgIpc) is 3.01. The van der Waals surface area contributed by atoms with Crippen LogP contribution in [0, 0.1) is 11.3 Å². The van der Waals surface area contributed by atoms with Crippen LogP contribution in [-0.2, 0) is 10.2 Å². The highest BCUT2D eigenvalue weighted by atomic mass is 16.3. The minimum atomic E-state index is -1.07. The second-order valence-corrected chi connectivity index (χ2v) is 9.52. The lowest BCUT2D eigenvalue weighted by molar-refractivity contribution is -0.134. The molecule has 0 radical (unpaired) electrons. The van der Waals surface area contributed by atoms with Crippen LogP contribution in [0.15, 0.2) is 71.0 Å². The van der Waals surface area contributed by atoms with Crippen molar-refractivity contribution >= 4 is 22.4 Å². The van der Waals surface area contributed by atoms with Gasteiger partial charge in [-0.3, -0.25) is 4.79 Å². The Morgan fingerprint density at radius 2 is 1.88 bits per heavy atom. The third-order valence-electron chi connectivity index (χ3n) is 6.94. The number of hydrogen-bond donors (Lipinski definition) is 1. The molecule has 0 saturated heterocycles. The first kappa shape index (κ1) is 22.8. The van der Waals surface area contributed by atoms with Gasteiger partial charge in [0, 0.05) is 35.0 Å². The van der Waals surface area contributed by atoms with E-state index in [1.54, 1.807) is 13.8 Å². The van der Waals surface area contributed by atoms with Gasteiger partial charge >= 0.3 is 0 Å². The lowest BCUT2D eigenvalue weighted by Gasteiger charge is -2.34. The zero-order valence-electron chi connectivity index (χ0n) is 20.2. The van der Waals surface area contributed by atoms with Crippen LogP contribution in [0.5, 0.6) is 0 Å². The Morgan fingerprint density at radius 3 is 2.52 bits per heavy atom. The third-order valence-corrected chi connectivity index (χ3v) is 6.94. The summed E-state index contributed by atoms with van der Waals surface area (Å²) in [5.74, 6) is -0.418. The largest absolute Gasteiger partial charge is 0.369 e. The van der Waals surface area contributed by atoms with Gasteiger partial charge in [-0.15, -0.1) is 0 Å². The van der Waals surface area contributed by atoms with Crippen LogP contribution >= 0.6 is 0 Å². The Hall–Kier alpha value is -3.36. The quantitative estimate of drug-likeness (QED) is 0.713. The van der Waals surface area contributed by atoms with E-state index in [1.807, 2.05) is 12.1 Å². The number of carbonyl (C=O) groups is 1. The number of benzene rings is 2. The van der Waals surface area contributed by atoms with Gasteiger partial charge in [-0.1, -0.05) is 50.3 Å². The van der Waals surface area contributed by atoms with Crippen molar-refractivity contribution in [2.75, 3.05) is 11.4 Å². The highest BCUT2D eigenvalue weighted by Crippen LogP contribution is 2.51. The van der Waals surface area contributed by atoms with Crippen molar-refractivity contribution in [1.29, 1.82) is 5.26 Å². The molecule has 1 amide bonds. The van der Waals surface area contributed by atoms with E-state index in [9.17, 15) is 15.2 Å². The summed E-state index contributed by atoms with van der Waals surface area (Å²) in [5, 5.41) is 22.9. The molecule has 0 fully saturated rings. The van der Waals surface area contributed by atoms with E-state index in [4.69, 9.17) is 0 Å². The lowest BCUT2D eigenvalue weighted by Crippen LogP contribution is -2.45. The topological polar surface area (TPSA) is 67.6 Å². The van der Waals surface area contributed by atoms with E-state index in [1.165, 1.54) is 26.9 Å². The van der Waals surface area contributed by atoms with Gasteiger partial charge in [-0.05, 0) is 61.7 Å². The molecule has 4 rings (SSSR count). The number of fused-ring (bicyclic) bond motifs is 3. The zero-order valence-corrected chi connectivity index (χ0v) is 20.2. The summed E-state index contributed by atoms with van der Waals surface area (Å²) >= 11 is 0. The Morgan fingerprint density at radius 1 is 1.18 bits per heavy atom. The summed E-state index contributed by atoms with van der Waals surface area (Å²) in [4.78, 5) is 16.2. The fourth-order valence-corrected chi connectivity index (χ4v) is 5.27. The fraction of sp³-hybridized carbons (Fsp3) is 0.357. The number of anilines is 1. The van der Waals surface area contributed by atoms with Crippen LogP contribution in [-0.4, -0.2) is 34.7 Å². The van der Waals surface area contributed by atoms with Gasteiger partial charge in [0.15, 0.2) is 6.23 Å². The molecule has 5 heteroatoms. The maximum Gasteiger partial charge on any atom is 0.267 e. The first-order valence-electron chi connectivity index (χ1n) is 11.5. The molecule has 2 aromatic carbocycles. The van der Waals surface area contributed by atoms with E-state index in [0.717, 1.165) is 5.70 Å². The summed E-state index contributed by atoms with van der Waals surface area (Å²) < 4.78 is 0. The Bertz CT molecular complexity index is 1270. The third kappa shape index (κ3) is 3.37. The predicted molar refractivity (Wildman–Crippen MR) is 132 cm³/mol. The number of nitriles is 1. The maximum absolute atomic E-state index is 12.6. The molecule has 0 bridgehead atoms. The molecule has 1 unspecified atom stereocenters. The van der Waals surface area contributed by atoms with E-state index in [2.05, 4.69) is 75.1 Å². The molecule has 33 heavy (non-hydrogen) atoms. The summed E-state index contributed by atoms with van der Waals surface area (Å²) in [7, 11) is 0. The Balaban J connectivity index is 1.92. The summed E-state index contributed by atoms with van der Waals surface area (Å²) in [6, 6.07) is 15.1. The maximum atomic E-state index is 12.6. The first-order chi connectivity index (χ1) is 15.6. The van der Waals surface area contributed by atoms with Crippen molar-refractivity contribution in [3.8, 4) is 6.07 Å². The molecule has 2 heterocycles. The number of nitrogens with zero attached hydrogens (tertiary/aromatic N) is 3. The van der Waals surface area contributed by atoms with Crippen molar-refractivity contribution < 1.29 is 9.90 Å². The van der Waals surface area contributed by atoms with Crippen molar-refractivity contribution in [3.63, 3.8) is 0 Å². The molecule has 1 N–H and O–H groups in total. The molecule has 2 aliphatic heterocycles. The zero-order chi connectivity index (χ0) is 24.1. The minimum Gasteiger partial charge on any atom is -0.369 e. The monoisotopic (exact) mass is 441 g/mol. The van der Waals surface area contributed by atoms with Gasteiger partial charge in [-0.25, -0.2) is 0 Å². The van der Waals surface area contributed by atoms with Gasteiger partial charge in [0.1, 0.15) is 11.6 Å². The van der Waals surface area contributed by atoms with Crippen molar-refractivity contribution in [2.24, 2.45) is 0 Å². The summed E-state index contributed by atoms with van der Waals surface area (Å²) in [6.45, 7) is 12.7. The van der Waals surface area contributed by atoms with E-state index >= 15 is 0 Å². The average molecular weight is 442 g/mol. The van der Waals surface area contributed by atoms with Gasteiger partial charge < -0.3 is 14.9 Å². The second kappa shape index (κ2) is 8.20. The van der Waals surface area contributed by atoms with Gasteiger partial charge in [0.05, 0.1) is 0 Å². The second-order valence-electron chi connectivity index (χ2n) is 9.52. The Kier molecular flexibility index (Phi) is 5.67. The Labute approximate surface area is 195 Å². The molecule has 0 aromatic heterocycles. The number of hydrogen-bond acceptors (Lipinski definition) is 4. The molecule has 0 saturated carbocycles. The van der Waals surface area contributed by atoms with Gasteiger partial charge in [0.2, 0.25) is 0 Å². The fourth-order valence-electron chi connectivity index (χ4n) is 5.27. The molecular weight excluding hydrogens is 410 g/mol. The number of allylic oxidation sites excluding steroid dienone is 3. The van der Waals surface area contributed by atoms with E-state index in [-0.39, 0.29) is 17.0 Å². The number of aliphatic hydroxyl groups excluding tert-OH is 1. The van der Waals surface area contributed by atoms with E-state index in [0.29, 0.717) is 17.7 Å². The van der Waals surface area contributed by atoms with Crippen LogP contribution < -0.4 is 4.90 Å². The summed E-state index contributed by atoms with van der Waals surface area (Å²) in [6.07, 6.45) is 2.86. The molecule has 170 valence electrons. The normalized spacial score (nSPS) is 22.6. The van der Waals surface area contributed by atoms with Crippen LogP contribution in [0.2, 0.25) is 0 Å². The summed E-state index contributed by atoms with van der Waals surface area (Å²) in [5.41, 5.74) is 4.54. The smallest absolute Gasteiger partial charge is 0.267 e. The molecule has 2 aromatic rings. The number of aliphatic hydroxyl groups is 1. The van der Waals surface area contributed by atoms with Crippen LogP contribution in [0.4, 0.5) is 5.69 Å². The number of carbonyl (C=O) groups excluding carboxylic acids is 1. The molecule has 0 aliphatic carbocycles. The highest BCUT2D eigenvalue weighted by Gasteiger charge is 2.42. The van der Waals surface area contributed by atoms with Crippen LogP contribution in [0.1, 0.15) is 47.1 Å². The SMILES string of the molecule is CCN1C(=O)C(C#N)=C(C)/C(=C\C=C2\N(C(C)C)c3ccc4ccccc4c3C2(C)C)C1O. The van der Waals surface area contributed by atoms with Crippen molar-refractivity contribution in [3.05, 3.63) is 76.5 Å². The molecule has 5 nitrogen and oxygen atoms in total. The molecule has 1 atom stereocenters. The van der Waals surface area contributed by atoms with Crippen LogP contribution in [0.25, 0.3) is 10.8 Å². The number of rotatable bonds is 3. The van der Waals surface area contributed by atoms with Gasteiger partial charge in [-0.2, -0.15) is 5.26 Å². The highest BCUT2D eigenvalue weighted by molar-refractivity contribution is 6.00. The lowest BCUT2D eigenvalue weighted by atomic mass is 9.81. The molecular formula is C28H31N3O2. The number of amides is 1. The van der Waals surface area contributed by atoms with Crippen LogP contribution in [0.3, 0.4) is 0 Å². The number of likely N-dealkylation sites (N-methyl/N-ethyl adjacent to an activating group) is 1. The molecule has 0 spiro atoms. The van der Waals surface area contributed by atoms with Crippen molar-refractivity contribution in [2.45, 2.75) is 59.2 Å². The van der Waals surface area contributed by atoms with E-state index < -0.39 is 12.1 Å². The first-order valence-corrected chi connectivity index (χ1v) is 11.5. The minimum absolute atomic E-state index is 0.0903. The predicted octanol–water partition coefficient (Wildman–Crippen LogP) is 5.18. The van der Waals surface area contributed by atoms with Crippen molar-refractivity contribution in [1.82, 2.24) is 4.90 Å². The molecule has 2 aliphatic rings.